The number of anilines is 2. The highest BCUT2D eigenvalue weighted by atomic mass is 19.4. The van der Waals surface area contributed by atoms with Gasteiger partial charge in [-0.25, -0.2) is 0 Å². The Morgan fingerprint density at radius 3 is 2.19 bits per heavy atom. The highest BCUT2D eigenvalue weighted by molar-refractivity contribution is 5.75. The van der Waals surface area contributed by atoms with E-state index >= 15 is 0 Å². The number of rotatable bonds is 9. The highest BCUT2D eigenvalue weighted by Crippen LogP contribution is 2.68. The second-order valence-electron chi connectivity index (χ2n) is 15.7. The van der Waals surface area contributed by atoms with Crippen LogP contribution in [0.2, 0.25) is 0 Å². The molecule has 0 aromatic heterocycles. The van der Waals surface area contributed by atoms with E-state index in [0.717, 1.165) is 56.4 Å². The third kappa shape index (κ3) is 7.05. The number of carbonyl (C=O) groups excluding carboxylic acids is 1. The van der Waals surface area contributed by atoms with Crippen molar-refractivity contribution < 1.29 is 27.4 Å². The lowest BCUT2D eigenvalue weighted by atomic mass is 9.43. The van der Waals surface area contributed by atoms with Gasteiger partial charge in [-0.2, -0.15) is 13.2 Å². The fourth-order valence-corrected chi connectivity index (χ4v) is 10.8. The van der Waals surface area contributed by atoms with E-state index < -0.39 is 18.6 Å². The van der Waals surface area contributed by atoms with Gasteiger partial charge in [0.15, 0.2) is 0 Å². The van der Waals surface area contributed by atoms with Crippen LogP contribution in [0.25, 0.3) is 0 Å². The van der Waals surface area contributed by atoms with E-state index in [0.29, 0.717) is 47.4 Å². The fraction of sp³-hybridized carbons (Fsp3) is 0.658. The number of benzene rings is 2. The average Bonchev–Trinajstić information content (AvgIpc) is 3.36. The van der Waals surface area contributed by atoms with Gasteiger partial charge in [0.2, 0.25) is 5.91 Å². The maximum absolute atomic E-state index is 12.6. The Morgan fingerprint density at radius 2 is 1.53 bits per heavy atom. The van der Waals surface area contributed by atoms with Gasteiger partial charge in [-0.15, -0.1) is 0 Å². The van der Waals surface area contributed by atoms with E-state index in [1.54, 1.807) is 0 Å². The molecule has 4 saturated carbocycles. The maximum atomic E-state index is 12.6. The minimum Gasteiger partial charge on any atom is -0.490 e. The quantitative estimate of drug-likeness (QED) is 0.236. The number of halogens is 3. The van der Waals surface area contributed by atoms with Crippen LogP contribution in [0.1, 0.15) is 85.0 Å². The summed E-state index contributed by atoms with van der Waals surface area (Å²) in [6.07, 6.45) is 5.06. The van der Waals surface area contributed by atoms with Gasteiger partial charge >= 0.3 is 6.18 Å². The number of nitrogen functional groups attached to an aromatic ring is 2. The van der Waals surface area contributed by atoms with Crippen LogP contribution in [0.4, 0.5) is 24.5 Å². The summed E-state index contributed by atoms with van der Waals surface area (Å²) in [6, 6.07) is 15.5. The summed E-state index contributed by atoms with van der Waals surface area (Å²) in [5.74, 6) is 3.85. The number of amides is 1. The van der Waals surface area contributed by atoms with E-state index in [4.69, 9.17) is 20.9 Å². The van der Waals surface area contributed by atoms with Crippen LogP contribution in [-0.2, 0) is 4.79 Å². The molecule has 258 valence electrons. The van der Waals surface area contributed by atoms with Crippen molar-refractivity contribution in [3.63, 3.8) is 0 Å². The molecule has 1 amide bonds. The molecule has 5 N–H and O–H groups in total. The molecule has 0 aliphatic heterocycles. The van der Waals surface area contributed by atoms with Crippen LogP contribution in [0.5, 0.6) is 11.5 Å². The number of carbonyl (C=O) groups is 1. The number of ether oxygens (including phenoxy) is 2. The van der Waals surface area contributed by atoms with Crippen molar-refractivity contribution in [3.8, 4) is 11.5 Å². The largest absolute Gasteiger partial charge is 0.490 e. The molecule has 0 saturated heterocycles. The second-order valence-corrected chi connectivity index (χ2v) is 15.7. The van der Waals surface area contributed by atoms with E-state index in [2.05, 4.69) is 20.8 Å². The lowest BCUT2D eigenvalue weighted by Gasteiger charge is -2.63. The Hall–Kier alpha value is -3.10. The normalized spacial score (nSPS) is 35.6. The minimum atomic E-state index is -4.39. The molecule has 10 atom stereocenters. The molecule has 2 aromatic carbocycles. The van der Waals surface area contributed by atoms with Gasteiger partial charge in [-0.3, -0.25) is 4.79 Å². The van der Waals surface area contributed by atoms with Crippen LogP contribution in [0.3, 0.4) is 0 Å². The van der Waals surface area contributed by atoms with E-state index in [-0.39, 0.29) is 35.4 Å². The van der Waals surface area contributed by atoms with Crippen molar-refractivity contribution in [1.29, 1.82) is 0 Å². The SMILES string of the molecule is C[C@H](CCC(=O)NCC(F)(F)F)[C@H]1CC[C@H]2[C@@H]3CC(Oc4cccc(N)c4)C4CC(Oc5cccc(N)c5)CC[C@]4(C)[C@H]3CC[C@]12C. The van der Waals surface area contributed by atoms with Crippen LogP contribution in [0.15, 0.2) is 48.5 Å². The summed E-state index contributed by atoms with van der Waals surface area (Å²) >= 11 is 0. The van der Waals surface area contributed by atoms with Crippen molar-refractivity contribution in [2.24, 2.45) is 46.3 Å². The van der Waals surface area contributed by atoms with Gasteiger partial charge in [0.25, 0.3) is 0 Å². The Labute approximate surface area is 277 Å². The molecule has 3 unspecified atom stereocenters. The number of alkyl halides is 3. The van der Waals surface area contributed by atoms with Gasteiger partial charge < -0.3 is 26.3 Å². The standard InChI is InChI=1S/C38H52F3N3O3/c1-23(10-13-35(45)44-22-38(39,40)41)30-11-12-31-29-21-34(47-27-9-5-7-25(43)19-27)33-20-28(46-26-8-4-6-24(42)18-26)14-16-37(33,3)32(29)15-17-36(30,31)2/h4-9,18-19,23,28-34H,10-17,20-22,42-43H2,1-3H3,(H,44,45)/t23-,28?,29+,30-,31+,32+,33?,34?,36-,37-/m1/s1. The zero-order chi connectivity index (χ0) is 33.6. The second kappa shape index (κ2) is 13.1. The van der Waals surface area contributed by atoms with Gasteiger partial charge in [-0.05, 0) is 122 Å². The third-order valence-electron chi connectivity index (χ3n) is 13.0. The van der Waals surface area contributed by atoms with Crippen LogP contribution < -0.4 is 26.3 Å². The van der Waals surface area contributed by atoms with Crippen molar-refractivity contribution >= 4 is 17.3 Å². The fourth-order valence-electron chi connectivity index (χ4n) is 10.8. The predicted molar refractivity (Wildman–Crippen MR) is 179 cm³/mol. The van der Waals surface area contributed by atoms with E-state index in [9.17, 15) is 18.0 Å². The Kier molecular flexibility index (Phi) is 9.40. The molecule has 0 heterocycles. The first-order chi connectivity index (χ1) is 22.2. The number of hydrogen-bond acceptors (Lipinski definition) is 5. The van der Waals surface area contributed by atoms with Crippen LogP contribution in [0, 0.1) is 46.3 Å². The van der Waals surface area contributed by atoms with Gasteiger partial charge in [-0.1, -0.05) is 32.9 Å². The van der Waals surface area contributed by atoms with Gasteiger partial charge in [0.05, 0.1) is 6.10 Å². The lowest BCUT2D eigenvalue weighted by molar-refractivity contribution is -0.164. The molecule has 6 rings (SSSR count). The lowest BCUT2D eigenvalue weighted by Crippen LogP contribution is -2.59. The maximum Gasteiger partial charge on any atom is 0.405 e. The summed E-state index contributed by atoms with van der Waals surface area (Å²) in [4.78, 5) is 12.2. The molecule has 4 aliphatic carbocycles. The van der Waals surface area contributed by atoms with Crippen molar-refractivity contribution in [1.82, 2.24) is 5.32 Å². The molecule has 47 heavy (non-hydrogen) atoms. The molecule has 9 heteroatoms. The number of fused-ring (bicyclic) bond motifs is 5. The number of nitrogens with one attached hydrogen (secondary N) is 1. The first-order valence-electron chi connectivity index (χ1n) is 17.6. The van der Waals surface area contributed by atoms with Gasteiger partial charge in [0, 0.05) is 35.8 Å². The number of hydrogen-bond donors (Lipinski definition) is 3. The Morgan fingerprint density at radius 1 is 0.894 bits per heavy atom. The number of nitrogens with two attached hydrogens (primary N) is 2. The monoisotopic (exact) mass is 655 g/mol. The third-order valence-corrected chi connectivity index (χ3v) is 13.0. The molecule has 2 aromatic rings. The molecular weight excluding hydrogens is 603 g/mol. The topological polar surface area (TPSA) is 99.6 Å². The minimum absolute atomic E-state index is 0.0337. The molecule has 0 bridgehead atoms. The average molecular weight is 656 g/mol. The van der Waals surface area contributed by atoms with Crippen LogP contribution >= 0.6 is 0 Å². The molecular formula is C38H52F3N3O3. The summed E-state index contributed by atoms with van der Waals surface area (Å²) in [5, 5.41) is 2.05. The van der Waals surface area contributed by atoms with Crippen LogP contribution in [-0.4, -0.2) is 30.8 Å². The van der Waals surface area contributed by atoms with E-state index in [1.807, 2.05) is 53.8 Å². The Balaban J connectivity index is 1.20. The molecule has 4 aliphatic rings. The van der Waals surface area contributed by atoms with Gasteiger partial charge in [0.1, 0.15) is 24.1 Å². The first kappa shape index (κ1) is 33.8. The summed E-state index contributed by atoms with van der Waals surface area (Å²) in [6.45, 7) is 5.91. The summed E-state index contributed by atoms with van der Waals surface area (Å²) in [5.41, 5.74) is 13.9. The first-order valence-corrected chi connectivity index (χ1v) is 17.6. The zero-order valence-electron chi connectivity index (χ0n) is 28.0. The van der Waals surface area contributed by atoms with Crippen molar-refractivity contribution in [3.05, 3.63) is 48.5 Å². The molecule has 4 fully saturated rings. The molecule has 6 nitrogen and oxygen atoms in total. The Bertz CT molecular complexity index is 1420. The summed E-state index contributed by atoms with van der Waals surface area (Å²) < 4.78 is 51.3. The zero-order valence-corrected chi connectivity index (χ0v) is 28.0. The smallest absolute Gasteiger partial charge is 0.405 e. The molecule has 0 radical (unpaired) electrons. The van der Waals surface area contributed by atoms with Crippen molar-refractivity contribution in [2.75, 3.05) is 18.0 Å². The highest BCUT2D eigenvalue weighted by Gasteiger charge is 2.63. The van der Waals surface area contributed by atoms with Crippen molar-refractivity contribution in [2.45, 2.75) is 103 Å². The van der Waals surface area contributed by atoms with E-state index in [1.165, 1.54) is 6.42 Å². The predicted octanol–water partition coefficient (Wildman–Crippen LogP) is 8.41. The summed E-state index contributed by atoms with van der Waals surface area (Å²) in [7, 11) is 0. The molecule has 0 spiro atoms.